The molecule has 17 heavy (non-hydrogen) atoms. The first-order valence-electron chi connectivity index (χ1n) is 5.59. The normalized spacial score (nSPS) is 20.5. The number of aryl methyl sites for hydroxylation is 1. The molecule has 0 saturated carbocycles. The molecule has 0 aliphatic carbocycles. The van der Waals surface area contributed by atoms with Gasteiger partial charge in [-0.2, -0.15) is 12.6 Å². The number of hydrogen-bond donors (Lipinski definition) is 2. The van der Waals surface area contributed by atoms with Crippen molar-refractivity contribution in [2.24, 2.45) is 0 Å². The summed E-state index contributed by atoms with van der Waals surface area (Å²) in [5.41, 5.74) is 3.01. The van der Waals surface area contributed by atoms with Gasteiger partial charge in [0.1, 0.15) is 0 Å². The van der Waals surface area contributed by atoms with Crippen LogP contribution in [0.1, 0.15) is 12.0 Å². The summed E-state index contributed by atoms with van der Waals surface area (Å²) in [4.78, 5) is 21.1. The van der Waals surface area contributed by atoms with Crippen molar-refractivity contribution >= 4 is 35.5 Å². The third-order valence-electron chi connectivity index (χ3n) is 3.06. The summed E-state index contributed by atoms with van der Waals surface area (Å²) in [6, 6.07) is 5.96. The molecule has 1 atom stereocenters. The van der Waals surface area contributed by atoms with Crippen LogP contribution >= 0.6 is 12.6 Å². The van der Waals surface area contributed by atoms with Gasteiger partial charge < -0.3 is 4.98 Å². The molecule has 1 saturated heterocycles. The molecule has 1 aromatic heterocycles. The molecule has 0 bridgehead atoms. The van der Waals surface area contributed by atoms with Crippen LogP contribution in [0.25, 0.3) is 11.0 Å². The highest BCUT2D eigenvalue weighted by Gasteiger charge is 2.30. The number of amides is 1. The summed E-state index contributed by atoms with van der Waals surface area (Å²) < 4.78 is 0. The van der Waals surface area contributed by atoms with Gasteiger partial charge in [-0.25, -0.2) is 4.98 Å². The molecule has 1 N–H and O–H groups in total. The van der Waals surface area contributed by atoms with E-state index in [0.29, 0.717) is 18.9 Å². The third kappa shape index (κ3) is 1.70. The lowest BCUT2D eigenvalue weighted by molar-refractivity contribution is -0.117. The summed E-state index contributed by atoms with van der Waals surface area (Å²) in [5, 5.41) is 0.108. The minimum atomic E-state index is 0.0849. The van der Waals surface area contributed by atoms with Crippen molar-refractivity contribution in [3.05, 3.63) is 23.8 Å². The molecule has 1 aliphatic rings. The number of fused-ring (bicyclic) bond motifs is 1. The number of aromatic amines is 1. The van der Waals surface area contributed by atoms with Gasteiger partial charge in [0.15, 0.2) is 0 Å². The molecular formula is C12H13N3OS. The van der Waals surface area contributed by atoms with Gasteiger partial charge in [-0.3, -0.25) is 9.69 Å². The Balaban J connectivity index is 2.07. The van der Waals surface area contributed by atoms with Gasteiger partial charge in [-0.15, -0.1) is 0 Å². The number of para-hydroxylation sites is 1. The lowest BCUT2D eigenvalue weighted by Gasteiger charge is -2.11. The fourth-order valence-electron chi connectivity index (χ4n) is 2.18. The predicted molar refractivity (Wildman–Crippen MR) is 70.6 cm³/mol. The van der Waals surface area contributed by atoms with Crippen molar-refractivity contribution in [2.45, 2.75) is 18.6 Å². The van der Waals surface area contributed by atoms with Gasteiger partial charge in [0.2, 0.25) is 11.9 Å². The third-order valence-corrected chi connectivity index (χ3v) is 3.41. The van der Waals surface area contributed by atoms with Crippen LogP contribution in [0.4, 0.5) is 5.95 Å². The van der Waals surface area contributed by atoms with Gasteiger partial charge in [0.05, 0.1) is 11.0 Å². The number of anilines is 1. The van der Waals surface area contributed by atoms with Crippen molar-refractivity contribution in [3.8, 4) is 0 Å². The quantitative estimate of drug-likeness (QED) is 0.756. The molecule has 2 aromatic rings. The Morgan fingerprint density at radius 2 is 2.35 bits per heavy atom. The average Bonchev–Trinajstić information content (AvgIpc) is 2.82. The number of thiol groups is 1. The monoisotopic (exact) mass is 247 g/mol. The molecule has 5 heteroatoms. The molecule has 88 valence electrons. The van der Waals surface area contributed by atoms with Crippen molar-refractivity contribution in [3.63, 3.8) is 0 Å². The number of carbonyl (C=O) groups excluding carboxylic acids is 1. The molecule has 1 aromatic carbocycles. The Kier molecular flexibility index (Phi) is 2.36. The lowest BCUT2D eigenvalue weighted by Crippen LogP contribution is -2.25. The van der Waals surface area contributed by atoms with Crippen LogP contribution in [-0.2, 0) is 4.79 Å². The molecule has 4 nitrogen and oxygen atoms in total. The van der Waals surface area contributed by atoms with E-state index in [4.69, 9.17) is 0 Å². The smallest absolute Gasteiger partial charge is 0.230 e. The van der Waals surface area contributed by atoms with Gasteiger partial charge in [-0.05, 0) is 18.6 Å². The number of carbonyl (C=O) groups is 1. The van der Waals surface area contributed by atoms with Crippen LogP contribution in [0.15, 0.2) is 18.2 Å². The molecule has 0 radical (unpaired) electrons. The second-order valence-electron chi connectivity index (χ2n) is 4.39. The van der Waals surface area contributed by atoms with E-state index in [1.807, 2.05) is 25.1 Å². The van der Waals surface area contributed by atoms with Gasteiger partial charge in [0, 0.05) is 18.2 Å². The molecule has 1 aliphatic heterocycles. The van der Waals surface area contributed by atoms with Crippen LogP contribution in [0.2, 0.25) is 0 Å². The number of nitrogens with one attached hydrogen (secondary N) is 1. The van der Waals surface area contributed by atoms with E-state index < -0.39 is 0 Å². The number of imidazole rings is 1. The Morgan fingerprint density at radius 3 is 3.00 bits per heavy atom. The topological polar surface area (TPSA) is 49.0 Å². The fourth-order valence-corrected chi connectivity index (χ4v) is 2.50. The summed E-state index contributed by atoms with van der Waals surface area (Å²) in [7, 11) is 0. The standard InChI is InChI=1S/C12H13N3OS/c1-7-3-2-4-9-11(7)14-12(13-9)15-6-8(17)5-10(15)16/h2-4,8,17H,5-6H2,1H3,(H,13,14). The van der Waals surface area contributed by atoms with Crippen molar-refractivity contribution in [1.29, 1.82) is 0 Å². The van der Waals surface area contributed by atoms with E-state index >= 15 is 0 Å². The molecular weight excluding hydrogens is 234 g/mol. The molecule has 0 spiro atoms. The van der Waals surface area contributed by atoms with Crippen molar-refractivity contribution < 1.29 is 4.79 Å². The highest BCUT2D eigenvalue weighted by molar-refractivity contribution is 7.81. The van der Waals surface area contributed by atoms with E-state index in [2.05, 4.69) is 22.6 Å². The second-order valence-corrected chi connectivity index (χ2v) is 5.12. The van der Waals surface area contributed by atoms with E-state index in [1.54, 1.807) is 4.90 Å². The zero-order valence-corrected chi connectivity index (χ0v) is 10.4. The van der Waals surface area contributed by atoms with Gasteiger partial charge in [0.25, 0.3) is 0 Å². The number of hydrogen-bond acceptors (Lipinski definition) is 3. The Labute approximate surface area is 104 Å². The zero-order valence-electron chi connectivity index (χ0n) is 9.47. The number of aromatic nitrogens is 2. The Morgan fingerprint density at radius 1 is 1.53 bits per heavy atom. The SMILES string of the molecule is Cc1cccc2[nH]c(N3CC(S)CC3=O)nc12. The van der Waals surface area contributed by atoms with E-state index in [1.165, 1.54) is 0 Å². The Hall–Kier alpha value is -1.49. The van der Waals surface area contributed by atoms with Crippen molar-refractivity contribution in [1.82, 2.24) is 9.97 Å². The molecule has 1 unspecified atom stereocenters. The Bertz CT molecular complexity index is 592. The van der Waals surface area contributed by atoms with E-state index in [-0.39, 0.29) is 11.2 Å². The summed E-state index contributed by atoms with van der Waals surface area (Å²) in [6.07, 6.45) is 0.485. The van der Waals surface area contributed by atoms with E-state index in [0.717, 1.165) is 16.6 Å². The van der Waals surface area contributed by atoms with Crippen LogP contribution < -0.4 is 4.90 Å². The number of nitrogens with zero attached hydrogens (tertiary/aromatic N) is 2. The molecule has 3 rings (SSSR count). The minimum absolute atomic E-state index is 0.0849. The lowest BCUT2D eigenvalue weighted by atomic mass is 10.2. The zero-order chi connectivity index (χ0) is 12.0. The van der Waals surface area contributed by atoms with E-state index in [9.17, 15) is 4.79 Å². The van der Waals surface area contributed by atoms with Gasteiger partial charge >= 0.3 is 0 Å². The highest BCUT2D eigenvalue weighted by atomic mass is 32.1. The number of rotatable bonds is 1. The molecule has 2 heterocycles. The molecule has 1 fully saturated rings. The van der Waals surface area contributed by atoms with Crippen molar-refractivity contribution in [2.75, 3.05) is 11.4 Å². The molecule has 1 amide bonds. The summed E-state index contributed by atoms with van der Waals surface area (Å²) in [6.45, 7) is 2.64. The first-order chi connectivity index (χ1) is 8.15. The predicted octanol–water partition coefficient (Wildman–Crippen LogP) is 1.91. The first kappa shape index (κ1) is 10.7. The maximum Gasteiger partial charge on any atom is 0.230 e. The number of benzene rings is 1. The maximum atomic E-state index is 11.8. The average molecular weight is 247 g/mol. The largest absolute Gasteiger partial charge is 0.324 e. The maximum absolute atomic E-state index is 11.8. The summed E-state index contributed by atoms with van der Waals surface area (Å²) >= 11 is 4.34. The van der Waals surface area contributed by atoms with Crippen LogP contribution in [-0.4, -0.2) is 27.7 Å². The van der Waals surface area contributed by atoms with Crippen LogP contribution in [0.5, 0.6) is 0 Å². The van der Waals surface area contributed by atoms with Crippen LogP contribution in [0.3, 0.4) is 0 Å². The highest BCUT2D eigenvalue weighted by Crippen LogP contribution is 2.25. The van der Waals surface area contributed by atoms with Gasteiger partial charge in [-0.1, -0.05) is 12.1 Å². The second kappa shape index (κ2) is 3.77. The number of H-pyrrole nitrogens is 1. The fraction of sp³-hybridized carbons (Fsp3) is 0.333. The van der Waals surface area contributed by atoms with Crippen LogP contribution in [0, 0.1) is 6.92 Å². The minimum Gasteiger partial charge on any atom is -0.324 e. The first-order valence-corrected chi connectivity index (χ1v) is 6.10. The summed E-state index contributed by atoms with van der Waals surface area (Å²) in [5.74, 6) is 0.720.